The summed E-state index contributed by atoms with van der Waals surface area (Å²) < 4.78 is 8.25. The van der Waals surface area contributed by atoms with E-state index in [-0.39, 0.29) is 41.9 Å². The number of rotatable bonds is 7. The molecule has 3 heterocycles. The number of aryl methyl sites for hydroxylation is 2. The van der Waals surface area contributed by atoms with Crippen LogP contribution in [-0.2, 0) is 11.3 Å². The van der Waals surface area contributed by atoms with Crippen molar-refractivity contribution in [2.75, 3.05) is 5.32 Å². The maximum Gasteiger partial charge on any atom is 0.266 e. The van der Waals surface area contributed by atoms with E-state index in [0.717, 1.165) is 0 Å². The molecule has 1 aliphatic rings. The first-order valence-corrected chi connectivity index (χ1v) is 9.21. The Morgan fingerprint density at radius 3 is 2.96 bits per heavy atom. The Bertz CT molecular complexity index is 1050. The van der Waals surface area contributed by atoms with E-state index >= 15 is 0 Å². The number of nitrogens with zero attached hydrogens (tertiary/aromatic N) is 6. The molecule has 10 nitrogen and oxygen atoms in total. The molecule has 1 fully saturated rings. The van der Waals surface area contributed by atoms with Gasteiger partial charge in [0.25, 0.3) is 11.4 Å². The number of nitrogens with one attached hydrogen (secondary N) is 1. The summed E-state index contributed by atoms with van der Waals surface area (Å²) in [6, 6.07) is 2.04. The maximum absolute atomic E-state index is 12.6. The molecule has 1 saturated carbocycles. The molecule has 0 radical (unpaired) electrons. The van der Waals surface area contributed by atoms with Crippen LogP contribution >= 0.6 is 0 Å². The first kappa shape index (κ1) is 18.1. The topological polar surface area (TPSA) is 121 Å². The van der Waals surface area contributed by atoms with Gasteiger partial charge in [0.05, 0.1) is 18.6 Å². The van der Waals surface area contributed by atoms with Gasteiger partial charge in [-0.25, -0.2) is 9.67 Å². The molecule has 1 unspecified atom stereocenters. The summed E-state index contributed by atoms with van der Waals surface area (Å²) in [5.41, 5.74) is -0.126. The van der Waals surface area contributed by atoms with Gasteiger partial charge in [-0.2, -0.15) is 10.1 Å². The minimum atomic E-state index is -0.334. The van der Waals surface area contributed by atoms with Crippen LogP contribution in [0, 0.1) is 12.8 Å². The minimum Gasteiger partial charge on any atom is -0.334 e. The van der Waals surface area contributed by atoms with Crippen molar-refractivity contribution in [3.63, 3.8) is 0 Å². The van der Waals surface area contributed by atoms with E-state index < -0.39 is 0 Å². The van der Waals surface area contributed by atoms with Gasteiger partial charge in [-0.1, -0.05) is 5.16 Å². The quantitative estimate of drug-likeness (QED) is 0.660. The van der Waals surface area contributed by atoms with Crippen LogP contribution in [0.5, 0.6) is 0 Å². The third kappa shape index (κ3) is 3.71. The molecule has 0 bridgehead atoms. The van der Waals surface area contributed by atoms with Crippen LogP contribution in [0.25, 0.3) is 11.5 Å². The van der Waals surface area contributed by atoms with Crippen molar-refractivity contribution in [2.24, 2.45) is 5.92 Å². The predicted molar refractivity (Wildman–Crippen MR) is 99.4 cm³/mol. The monoisotopic (exact) mass is 383 g/mol. The van der Waals surface area contributed by atoms with Gasteiger partial charge < -0.3 is 9.84 Å². The van der Waals surface area contributed by atoms with E-state index in [1.54, 1.807) is 19.2 Å². The van der Waals surface area contributed by atoms with Crippen LogP contribution in [0.4, 0.5) is 5.82 Å². The van der Waals surface area contributed by atoms with Crippen molar-refractivity contribution >= 4 is 11.7 Å². The summed E-state index contributed by atoms with van der Waals surface area (Å²) in [5, 5.41) is 10.9. The molecule has 4 rings (SSSR count). The van der Waals surface area contributed by atoms with Gasteiger partial charge >= 0.3 is 0 Å². The summed E-state index contributed by atoms with van der Waals surface area (Å²) in [6.45, 7) is 3.96. The molecule has 28 heavy (non-hydrogen) atoms. The zero-order valence-corrected chi connectivity index (χ0v) is 15.7. The highest BCUT2D eigenvalue weighted by Crippen LogP contribution is 2.40. The second-order valence-electron chi connectivity index (χ2n) is 6.99. The van der Waals surface area contributed by atoms with Crippen molar-refractivity contribution in [3.05, 3.63) is 41.0 Å². The lowest BCUT2D eigenvalue weighted by atomic mass is 10.2. The molecular weight excluding hydrogens is 362 g/mol. The van der Waals surface area contributed by atoms with Gasteiger partial charge in [0, 0.05) is 25.2 Å². The lowest BCUT2D eigenvalue weighted by Crippen LogP contribution is -2.25. The SMILES string of the molecule is Cc1noc(-c2cncn(CCC(=O)Nc3ccnn3C(C)C3CC3)c2=O)n1. The second-order valence-corrected chi connectivity index (χ2v) is 6.99. The zero-order chi connectivity index (χ0) is 19.7. The molecular formula is C18H21N7O3. The molecule has 3 aromatic heterocycles. The van der Waals surface area contributed by atoms with E-state index in [4.69, 9.17) is 4.52 Å². The Morgan fingerprint density at radius 1 is 1.43 bits per heavy atom. The van der Waals surface area contributed by atoms with Gasteiger partial charge in [0.2, 0.25) is 5.91 Å². The number of aromatic nitrogens is 6. The lowest BCUT2D eigenvalue weighted by Gasteiger charge is -2.15. The average molecular weight is 383 g/mol. The standard InChI is InChI=1S/C18H21N7O3/c1-11(13-3-4-13)25-15(5-7-20-25)22-16(26)6-8-24-10-19-9-14(18(24)27)17-21-12(2)23-28-17/h5,7,9-11,13H,3-4,6,8H2,1-2H3,(H,22,26). The van der Waals surface area contributed by atoms with E-state index in [9.17, 15) is 9.59 Å². The van der Waals surface area contributed by atoms with Crippen LogP contribution in [0.3, 0.4) is 0 Å². The van der Waals surface area contributed by atoms with E-state index in [2.05, 4.69) is 32.5 Å². The maximum atomic E-state index is 12.6. The second kappa shape index (κ2) is 7.37. The van der Waals surface area contributed by atoms with Gasteiger partial charge in [0.1, 0.15) is 11.4 Å². The molecule has 0 saturated heterocycles. The summed E-state index contributed by atoms with van der Waals surface area (Å²) in [7, 11) is 0. The lowest BCUT2D eigenvalue weighted by molar-refractivity contribution is -0.116. The predicted octanol–water partition coefficient (Wildman–Crippen LogP) is 1.80. The number of carbonyl (C=O) groups excluding carboxylic acids is 1. The molecule has 10 heteroatoms. The Kier molecular flexibility index (Phi) is 4.76. The fraction of sp³-hybridized carbons (Fsp3) is 0.444. The van der Waals surface area contributed by atoms with Crippen molar-refractivity contribution in [2.45, 2.75) is 45.7 Å². The number of anilines is 1. The van der Waals surface area contributed by atoms with Crippen LogP contribution in [0.15, 0.2) is 34.1 Å². The van der Waals surface area contributed by atoms with E-state index in [0.29, 0.717) is 17.6 Å². The van der Waals surface area contributed by atoms with Crippen LogP contribution in [-0.4, -0.2) is 35.4 Å². The third-order valence-electron chi connectivity index (χ3n) is 4.87. The summed E-state index contributed by atoms with van der Waals surface area (Å²) in [4.78, 5) is 33.1. The average Bonchev–Trinajstić information content (AvgIpc) is 3.29. The largest absolute Gasteiger partial charge is 0.334 e. The van der Waals surface area contributed by atoms with Crippen molar-refractivity contribution < 1.29 is 9.32 Å². The molecule has 1 aliphatic carbocycles. The van der Waals surface area contributed by atoms with Crippen molar-refractivity contribution in [3.8, 4) is 11.5 Å². The summed E-state index contributed by atoms with van der Waals surface area (Å²) in [6.07, 6.45) is 6.96. The normalized spacial score (nSPS) is 14.8. The van der Waals surface area contributed by atoms with Crippen LogP contribution < -0.4 is 10.9 Å². The number of hydrogen-bond acceptors (Lipinski definition) is 7. The summed E-state index contributed by atoms with van der Waals surface area (Å²) >= 11 is 0. The molecule has 3 aromatic rings. The molecule has 1 N–H and O–H groups in total. The molecule has 0 aliphatic heterocycles. The fourth-order valence-electron chi connectivity index (χ4n) is 3.11. The van der Waals surface area contributed by atoms with Gasteiger partial charge in [-0.15, -0.1) is 0 Å². The molecule has 146 valence electrons. The van der Waals surface area contributed by atoms with E-state index in [1.165, 1.54) is 29.9 Å². The molecule has 1 amide bonds. The van der Waals surface area contributed by atoms with Gasteiger partial charge in [-0.3, -0.25) is 14.2 Å². The van der Waals surface area contributed by atoms with Crippen molar-refractivity contribution in [1.29, 1.82) is 0 Å². The molecule has 1 atom stereocenters. The highest BCUT2D eigenvalue weighted by molar-refractivity contribution is 5.89. The smallest absolute Gasteiger partial charge is 0.266 e. The highest BCUT2D eigenvalue weighted by Gasteiger charge is 2.30. The van der Waals surface area contributed by atoms with E-state index in [1.807, 2.05) is 4.68 Å². The van der Waals surface area contributed by atoms with Gasteiger partial charge in [0.15, 0.2) is 5.82 Å². The van der Waals surface area contributed by atoms with Crippen LogP contribution in [0.2, 0.25) is 0 Å². The minimum absolute atomic E-state index is 0.117. The third-order valence-corrected chi connectivity index (χ3v) is 4.87. The van der Waals surface area contributed by atoms with Gasteiger partial charge in [-0.05, 0) is 32.6 Å². The Hall–Kier alpha value is -3.30. The summed E-state index contributed by atoms with van der Waals surface area (Å²) in [5.74, 6) is 1.64. The number of hydrogen-bond donors (Lipinski definition) is 1. The Balaban J connectivity index is 1.42. The number of amides is 1. The first-order valence-electron chi connectivity index (χ1n) is 9.21. The molecule has 0 spiro atoms. The van der Waals surface area contributed by atoms with Crippen molar-refractivity contribution in [1.82, 2.24) is 29.5 Å². The number of carbonyl (C=O) groups is 1. The molecule has 0 aromatic carbocycles. The Morgan fingerprint density at radius 2 is 2.25 bits per heavy atom. The fourth-order valence-corrected chi connectivity index (χ4v) is 3.11. The Labute approximate surface area is 160 Å². The van der Waals surface area contributed by atoms with Crippen LogP contribution in [0.1, 0.15) is 38.1 Å². The first-order chi connectivity index (χ1) is 13.5. The zero-order valence-electron chi connectivity index (χ0n) is 15.7. The highest BCUT2D eigenvalue weighted by atomic mass is 16.5.